The largest absolute Gasteiger partial charge is 0.275 e. The van der Waals surface area contributed by atoms with E-state index in [4.69, 9.17) is 5.53 Å². The van der Waals surface area contributed by atoms with Gasteiger partial charge in [-0.05, 0) is 33.6 Å². The highest BCUT2D eigenvalue weighted by Gasteiger charge is 2.03. The minimum atomic E-state index is 0.417. The van der Waals surface area contributed by atoms with Crippen molar-refractivity contribution >= 4 is 16.6 Å². The van der Waals surface area contributed by atoms with Gasteiger partial charge in [0, 0.05) is 10.5 Å². The minimum absolute atomic E-state index is 0.417. The first-order valence-corrected chi connectivity index (χ1v) is 5.46. The van der Waals surface area contributed by atoms with Gasteiger partial charge in [-0.15, -0.1) is 0 Å². The highest BCUT2D eigenvalue weighted by Crippen LogP contribution is 2.25. The summed E-state index contributed by atoms with van der Waals surface area (Å²) in [4.78, 5) is 2.72. The maximum Gasteiger partial charge on any atom is 0.122 e. The Kier molecular flexibility index (Phi) is 2.44. The standard InChI is InChI=1S/C13H9N5/c14-18-17-13-8-12(15-16-13)11-6-5-9-3-1-2-4-10(9)7-11/h1-8H,(H,15,16). The second kappa shape index (κ2) is 4.24. The van der Waals surface area contributed by atoms with Gasteiger partial charge in [0.05, 0.1) is 5.69 Å². The van der Waals surface area contributed by atoms with E-state index < -0.39 is 0 Å². The average molecular weight is 235 g/mol. The van der Waals surface area contributed by atoms with Crippen LogP contribution in [-0.2, 0) is 0 Å². The number of fused-ring (bicyclic) bond motifs is 1. The van der Waals surface area contributed by atoms with Crippen LogP contribution in [0.5, 0.6) is 0 Å². The van der Waals surface area contributed by atoms with Crippen LogP contribution in [0.25, 0.3) is 32.5 Å². The molecule has 0 aliphatic carbocycles. The number of hydrogen-bond acceptors (Lipinski definition) is 2. The number of aromatic nitrogens is 2. The molecule has 0 saturated heterocycles. The summed E-state index contributed by atoms with van der Waals surface area (Å²) < 4.78 is 0. The molecule has 1 N–H and O–H groups in total. The fraction of sp³-hybridized carbons (Fsp3) is 0. The van der Waals surface area contributed by atoms with Crippen molar-refractivity contribution in [2.45, 2.75) is 0 Å². The molecular formula is C13H9N5. The molecule has 0 aliphatic heterocycles. The molecule has 0 saturated carbocycles. The Balaban J connectivity index is 2.10. The Morgan fingerprint density at radius 1 is 1.06 bits per heavy atom. The van der Waals surface area contributed by atoms with E-state index in [1.807, 2.05) is 24.3 Å². The van der Waals surface area contributed by atoms with Crippen LogP contribution < -0.4 is 0 Å². The predicted octanol–water partition coefficient (Wildman–Crippen LogP) is 4.17. The zero-order valence-corrected chi connectivity index (χ0v) is 9.41. The van der Waals surface area contributed by atoms with E-state index in [1.54, 1.807) is 6.07 Å². The third-order valence-corrected chi connectivity index (χ3v) is 2.76. The van der Waals surface area contributed by atoms with Crippen molar-refractivity contribution in [2.75, 3.05) is 0 Å². The molecule has 18 heavy (non-hydrogen) atoms. The molecule has 3 aromatic rings. The van der Waals surface area contributed by atoms with Crippen molar-refractivity contribution in [3.63, 3.8) is 0 Å². The van der Waals surface area contributed by atoms with Gasteiger partial charge in [0.1, 0.15) is 5.82 Å². The first-order valence-electron chi connectivity index (χ1n) is 5.46. The topological polar surface area (TPSA) is 77.4 Å². The van der Waals surface area contributed by atoms with Gasteiger partial charge in [-0.2, -0.15) is 5.10 Å². The van der Waals surface area contributed by atoms with Gasteiger partial charge < -0.3 is 0 Å². The number of nitrogens with zero attached hydrogens (tertiary/aromatic N) is 4. The van der Waals surface area contributed by atoms with Crippen LogP contribution in [0, 0.1) is 0 Å². The lowest BCUT2D eigenvalue weighted by Crippen LogP contribution is -1.78. The molecule has 0 bridgehead atoms. The number of rotatable bonds is 2. The monoisotopic (exact) mass is 235 g/mol. The maximum atomic E-state index is 8.35. The second-order valence-electron chi connectivity index (χ2n) is 3.89. The first kappa shape index (κ1) is 10.4. The molecule has 0 amide bonds. The quantitative estimate of drug-likeness (QED) is 0.404. The van der Waals surface area contributed by atoms with E-state index in [9.17, 15) is 0 Å². The first-order chi connectivity index (χ1) is 8.86. The molecule has 5 nitrogen and oxygen atoms in total. The molecule has 1 heterocycles. The molecule has 1 aromatic heterocycles. The zero-order chi connectivity index (χ0) is 12.4. The van der Waals surface area contributed by atoms with Gasteiger partial charge in [-0.1, -0.05) is 36.4 Å². The van der Waals surface area contributed by atoms with Gasteiger partial charge >= 0.3 is 0 Å². The molecule has 0 unspecified atom stereocenters. The fourth-order valence-corrected chi connectivity index (χ4v) is 1.91. The molecule has 0 spiro atoms. The van der Waals surface area contributed by atoms with E-state index in [2.05, 4.69) is 38.4 Å². The van der Waals surface area contributed by atoms with Crippen molar-refractivity contribution in [2.24, 2.45) is 5.11 Å². The second-order valence-corrected chi connectivity index (χ2v) is 3.89. The summed E-state index contributed by atoms with van der Waals surface area (Å²) in [6.45, 7) is 0. The molecule has 2 aromatic carbocycles. The maximum absolute atomic E-state index is 8.35. The number of azide groups is 1. The highest BCUT2D eigenvalue weighted by atomic mass is 15.2. The van der Waals surface area contributed by atoms with Crippen LogP contribution in [-0.4, -0.2) is 10.2 Å². The number of H-pyrrole nitrogens is 1. The minimum Gasteiger partial charge on any atom is -0.275 e. The van der Waals surface area contributed by atoms with Gasteiger partial charge in [0.15, 0.2) is 0 Å². The van der Waals surface area contributed by atoms with Crippen molar-refractivity contribution in [1.82, 2.24) is 10.2 Å². The summed E-state index contributed by atoms with van der Waals surface area (Å²) in [6, 6.07) is 16.0. The molecule has 86 valence electrons. The number of benzene rings is 2. The van der Waals surface area contributed by atoms with Crippen molar-refractivity contribution in [3.8, 4) is 11.3 Å². The van der Waals surface area contributed by atoms with Crippen LogP contribution >= 0.6 is 0 Å². The van der Waals surface area contributed by atoms with Gasteiger partial charge in [0.2, 0.25) is 0 Å². The highest BCUT2D eigenvalue weighted by molar-refractivity contribution is 5.86. The van der Waals surface area contributed by atoms with Gasteiger partial charge in [-0.25, -0.2) is 0 Å². The molecule has 5 heteroatoms. The molecule has 0 aliphatic rings. The lowest BCUT2D eigenvalue weighted by atomic mass is 10.1. The van der Waals surface area contributed by atoms with E-state index in [0.717, 1.165) is 16.6 Å². The molecular weight excluding hydrogens is 226 g/mol. The number of nitrogens with one attached hydrogen (secondary N) is 1. The van der Waals surface area contributed by atoms with Gasteiger partial charge in [0.25, 0.3) is 0 Å². The smallest absolute Gasteiger partial charge is 0.122 e. The molecule has 3 rings (SSSR count). The van der Waals surface area contributed by atoms with Crippen LogP contribution in [0.4, 0.5) is 5.82 Å². The number of aromatic amines is 1. The van der Waals surface area contributed by atoms with E-state index in [1.165, 1.54) is 5.39 Å². The normalized spacial score (nSPS) is 10.2. The van der Waals surface area contributed by atoms with Crippen LogP contribution in [0.3, 0.4) is 0 Å². The van der Waals surface area contributed by atoms with Crippen LogP contribution in [0.1, 0.15) is 0 Å². The van der Waals surface area contributed by atoms with Crippen LogP contribution in [0.2, 0.25) is 0 Å². The summed E-state index contributed by atoms with van der Waals surface area (Å²) in [5.74, 6) is 0.417. The van der Waals surface area contributed by atoms with Crippen molar-refractivity contribution < 1.29 is 0 Å². The SMILES string of the molecule is [N-]=[N+]=Nc1cc(-c2ccc3ccccc3c2)n[nH]1. The van der Waals surface area contributed by atoms with E-state index in [0.29, 0.717) is 5.82 Å². The summed E-state index contributed by atoms with van der Waals surface area (Å²) >= 11 is 0. The van der Waals surface area contributed by atoms with E-state index in [-0.39, 0.29) is 0 Å². The fourth-order valence-electron chi connectivity index (χ4n) is 1.91. The van der Waals surface area contributed by atoms with Crippen molar-refractivity contribution in [3.05, 3.63) is 59.0 Å². The molecule has 0 radical (unpaired) electrons. The van der Waals surface area contributed by atoms with E-state index >= 15 is 0 Å². The van der Waals surface area contributed by atoms with Crippen LogP contribution in [0.15, 0.2) is 53.6 Å². The Morgan fingerprint density at radius 3 is 2.72 bits per heavy atom. The third-order valence-electron chi connectivity index (χ3n) is 2.76. The molecule has 0 fully saturated rings. The average Bonchev–Trinajstić information content (AvgIpc) is 2.87. The van der Waals surface area contributed by atoms with Crippen molar-refractivity contribution in [1.29, 1.82) is 0 Å². The summed E-state index contributed by atoms with van der Waals surface area (Å²) in [7, 11) is 0. The zero-order valence-electron chi connectivity index (χ0n) is 9.41. The lowest BCUT2D eigenvalue weighted by Gasteiger charge is -2.00. The summed E-state index contributed by atoms with van der Waals surface area (Å²) in [5, 5.41) is 12.6. The number of hydrogen-bond donors (Lipinski definition) is 1. The molecule has 0 atom stereocenters. The summed E-state index contributed by atoms with van der Waals surface area (Å²) in [6.07, 6.45) is 0. The Morgan fingerprint density at radius 2 is 1.89 bits per heavy atom. The lowest BCUT2D eigenvalue weighted by molar-refractivity contribution is 1.08. The third kappa shape index (κ3) is 1.79. The Labute approximate surface area is 103 Å². The summed E-state index contributed by atoms with van der Waals surface area (Å²) in [5.41, 5.74) is 10.1. The Bertz CT molecular complexity index is 753. The Hall–Kier alpha value is -2.78. The predicted molar refractivity (Wildman–Crippen MR) is 70.3 cm³/mol. The van der Waals surface area contributed by atoms with Gasteiger partial charge in [-0.3, -0.25) is 5.10 Å².